The zero-order valence-electron chi connectivity index (χ0n) is 11.5. The van der Waals surface area contributed by atoms with Gasteiger partial charge in [0.25, 0.3) is 0 Å². The largest absolute Gasteiger partial charge is 0.369 e. The molecule has 0 spiro atoms. The van der Waals surface area contributed by atoms with Crippen molar-refractivity contribution in [1.29, 1.82) is 0 Å². The van der Waals surface area contributed by atoms with Crippen molar-refractivity contribution in [3.05, 3.63) is 29.3 Å². The highest BCUT2D eigenvalue weighted by Crippen LogP contribution is 2.29. The number of aryl methyl sites for hydroxylation is 1. The molecule has 17 heavy (non-hydrogen) atoms. The van der Waals surface area contributed by atoms with Gasteiger partial charge in [-0.05, 0) is 38.3 Å². The Labute approximate surface area is 105 Å². The summed E-state index contributed by atoms with van der Waals surface area (Å²) in [5, 5.41) is 3.65. The Balaban J connectivity index is 2.42. The van der Waals surface area contributed by atoms with Crippen molar-refractivity contribution in [2.24, 2.45) is 0 Å². The molecule has 1 heterocycles. The monoisotopic (exact) mass is 232 g/mol. The molecule has 0 radical (unpaired) electrons. The molecule has 1 aliphatic heterocycles. The van der Waals surface area contributed by atoms with E-state index in [2.05, 4.69) is 56.1 Å². The van der Waals surface area contributed by atoms with Crippen molar-refractivity contribution in [3.8, 4) is 0 Å². The van der Waals surface area contributed by atoms with Crippen LogP contribution in [0.4, 0.5) is 5.69 Å². The lowest BCUT2D eigenvalue weighted by atomic mass is 10.0. The van der Waals surface area contributed by atoms with Crippen LogP contribution in [-0.2, 0) is 6.54 Å². The van der Waals surface area contributed by atoms with Crippen molar-refractivity contribution in [2.45, 2.75) is 46.2 Å². The molecule has 0 fully saturated rings. The third kappa shape index (κ3) is 2.63. The summed E-state index contributed by atoms with van der Waals surface area (Å²) < 4.78 is 0. The highest BCUT2D eigenvalue weighted by molar-refractivity contribution is 5.60. The van der Waals surface area contributed by atoms with E-state index in [1.54, 1.807) is 0 Å². The first-order chi connectivity index (χ1) is 8.03. The second-order valence-corrected chi connectivity index (χ2v) is 5.74. The van der Waals surface area contributed by atoms with E-state index < -0.39 is 0 Å². The van der Waals surface area contributed by atoms with Crippen LogP contribution < -0.4 is 10.2 Å². The van der Waals surface area contributed by atoms with Crippen LogP contribution in [0.3, 0.4) is 0 Å². The Morgan fingerprint density at radius 1 is 1.35 bits per heavy atom. The lowest BCUT2D eigenvalue weighted by Gasteiger charge is -2.32. The Hall–Kier alpha value is -1.02. The van der Waals surface area contributed by atoms with Gasteiger partial charge in [0.05, 0.1) is 0 Å². The Kier molecular flexibility index (Phi) is 3.43. The number of hydrogen-bond acceptors (Lipinski definition) is 2. The summed E-state index contributed by atoms with van der Waals surface area (Å²) in [6.07, 6.45) is 1.20. The summed E-state index contributed by atoms with van der Waals surface area (Å²) in [6, 6.07) is 6.64. The molecular formula is C15H24N2. The first kappa shape index (κ1) is 12.4. The van der Waals surface area contributed by atoms with Crippen LogP contribution in [0.25, 0.3) is 0 Å². The van der Waals surface area contributed by atoms with Crippen LogP contribution in [0.1, 0.15) is 38.3 Å². The average molecular weight is 232 g/mol. The fourth-order valence-corrected chi connectivity index (χ4v) is 2.72. The molecule has 1 aliphatic rings. The van der Waals surface area contributed by atoms with E-state index in [1.807, 2.05) is 0 Å². The van der Waals surface area contributed by atoms with E-state index in [1.165, 1.54) is 23.2 Å². The van der Waals surface area contributed by atoms with Gasteiger partial charge < -0.3 is 10.2 Å². The predicted octanol–water partition coefficient (Wildman–Crippen LogP) is 3.09. The van der Waals surface area contributed by atoms with Gasteiger partial charge in [-0.2, -0.15) is 0 Å². The van der Waals surface area contributed by atoms with Crippen LogP contribution in [0.2, 0.25) is 0 Å². The second-order valence-electron chi connectivity index (χ2n) is 5.74. The molecule has 0 aromatic heterocycles. The molecule has 0 amide bonds. The lowest BCUT2D eigenvalue weighted by Crippen LogP contribution is -2.47. The van der Waals surface area contributed by atoms with E-state index in [-0.39, 0.29) is 5.54 Å². The number of nitrogens with one attached hydrogen (secondary N) is 1. The average Bonchev–Trinajstić information content (AvgIpc) is 2.37. The van der Waals surface area contributed by atoms with Crippen LogP contribution in [-0.4, -0.2) is 18.6 Å². The summed E-state index contributed by atoms with van der Waals surface area (Å²) in [6.45, 7) is 12.3. The molecule has 94 valence electrons. The third-order valence-corrected chi connectivity index (χ3v) is 3.47. The van der Waals surface area contributed by atoms with E-state index in [0.29, 0.717) is 0 Å². The number of hydrogen-bond donors (Lipinski definition) is 1. The molecule has 2 nitrogen and oxygen atoms in total. The number of rotatable bonds is 2. The fraction of sp³-hybridized carbons (Fsp3) is 0.600. The molecule has 0 saturated carbocycles. The minimum atomic E-state index is 0.181. The smallest absolute Gasteiger partial charge is 0.0442 e. The maximum Gasteiger partial charge on any atom is 0.0442 e. The van der Waals surface area contributed by atoms with Gasteiger partial charge in [-0.15, -0.1) is 0 Å². The molecule has 1 aromatic carbocycles. The zero-order valence-corrected chi connectivity index (χ0v) is 11.5. The molecule has 0 atom stereocenters. The molecule has 0 bridgehead atoms. The highest BCUT2D eigenvalue weighted by Gasteiger charge is 2.27. The molecule has 2 heteroatoms. The Morgan fingerprint density at radius 2 is 2.12 bits per heavy atom. The summed E-state index contributed by atoms with van der Waals surface area (Å²) >= 11 is 0. The van der Waals surface area contributed by atoms with Crippen molar-refractivity contribution >= 4 is 5.69 Å². The van der Waals surface area contributed by atoms with Crippen LogP contribution in [0.15, 0.2) is 18.2 Å². The summed E-state index contributed by atoms with van der Waals surface area (Å²) in [5.74, 6) is 0. The molecule has 1 aromatic rings. The van der Waals surface area contributed by atoms with Crippen LogP contribution in [0.5, 0.6) is 0 Å². The predicted molar refractivity (Wildman–Crippen MR) is 74.6 cm³/mol. The molecule has 0 aliphatic carbocycles. The van der Waals surface area contributed by atoms with Gasteiger partial charge in [0.15, 0.2) is 0 Å². The third-order valence-electron chi connectivity index (χ3n) is 3.47. The minimum Gasteiger partial charge on any atom is -0.369 e. The van der Waals surface area contributed by atoms with Crippen molar-refractivity contribution in [3.63, 3.8) is 0 Å². The van der Waals surface area contributed by atoms with E-state index in [0.717, 1.165) is 19.6 Å². The fourth-order valence-electron chi connectivity index (χ4n) is 2.72. The van der Waals surface area contributed by atoms with Gasteiger partial charge in [0.1, 0.15) is 0 Å². The minimum absolute atomic E-state index is 0.181. The summed E-state index contributed by atoms with van der Waals surface area (Å²) in [5.41, 5.74) is 4.47. The number of nitrogens with zero attached hydrogens (tertiary/aromatic N) is 1. The van der Waals surface area contributed by atoms with Gasteiger partial charge in [-0.3, -0.25) is 0 Å². The first-order valence-electron chi connectivity index (χ1n) is 6.62. The number of anilines is 1. The summed E-state index contributed by atoms with van der Waals surface area (Å²) in [7, 11) is 0. The van der Waals surface area contributed by atoms with Crippen molar-refractivity contribution in [2.75, 3.05) is 18.0 Å². The van der Waals surface area contributed by atoms with Gasteiger partial charge in [0.2, 0.25) is 0 Å². The van der Waals surface area contributed by atoms with Crippen LogP contribution >= 0.6 is 0 Å². The molecule has 0 unspecified atom stereocenters. The maximum atomic E-state index is 3.65. The molecule has 1 N–H and O–H groups in total. The first-order valence-corrected chi connectivity index (χ1v) is 6.62. The molecule has 2 rings (SSSR count). The SMILES string of the molecule is CCCN1CC(C)(C)NCc2cccc(C)c21. The van der Waals surface area contributed by atoms with E-state index in [4.69, 9.17) is 0 Å². The standard InChI is InChI=1S/C15H24N2/c1-5-9-17-11-15(3,4)16-10-13-8-6-7-12(2)14(13)17/h6-8,16H,5,9-11H2,1-4H3. The Bertz CT molecular complexity index is 396. The highest BCUT2D eigenvalue weighted by atomic mass is 15.2. The lowest BCUT2D eigenvalue weighted by molar-refractivity contribution is 0.395. The van der Waals surface area contributed by atoms with Crippen LogP contribution in [0, 0.1) is 6.92 Å². The van der Waals surface area contributed by atoms with Gasteiger partial charge in [0, 0.05) is 30.9 Å². The van der Waals surface area contributed by atoms with E-state index >= 15 is 0 Å². The quantitative estimate of drug-likeness (QED) is 0.843. The summed E-state index contributed by atoms with van der Waals surface area (Å²) in [4.78, 5) is 2.55. The van der Waals surface area contributed by atoms with Gasteiger partial charge in [-0.25, -0.2) is 0 Å². The van der Waals surface area contributed by atoms with Gasteiger partial charge in [-0.1, -0.05) is 25.1 Å². The van der Waals surface area contributed by atoms with Gasteiger partial charge >= 0.3 is 0 Å². The number of benzene rings is 1. The number of fused-ring (bicyclic) bond motifs is 1. The maximum absolute atomic E-state index is 3.65. The Morgan fingerprint density at radius 3 is 2.82 bits per heavy atom. The molecular weight excluding hydrogens is 208 g/mol. The van der Waals surface area contributed by atoms with Crippen molar-refractivity contribution in [1.82, 2.24) is 5.32 Å². The topological polar surface area (TPSA) is 15.3 Å². The normalized spacial score (nSPS) is 18.7. The number of para-hydroxylation sites is 1. The van der Waals surface area contributed by atoms with Crippen molar-refractivity contribution < 1.29 is 0 Å². The second kappa shape index (κ2) is 4.69. The molecule has 0 saturated heterocycles. The van der Waals surface area contributed by atoms with E-state index in [9.17, 15) is 0 Å². The zero-order chi connectivity index (χ0) is 12.5.